The Hall–Kier alpha value is -3.02. The molecule has 0 fully saturated rings. The second kappa shape index (κ2) is 12.4. The summed E-state index contributed by atoms with van der Waals surface area (Å²) in [5.74, 6) is 1.57. The van der Waals surface area contributed by atoms with Gasteiger partial charge < -0.3 is 20.7 Å². The van der Waals surface area contributed by atoms with Crippen molar-refractivity contribution in [1.29, 1.82) is 0 Å². The molecule has 3 N–H and O–H groups in total. The van der Waals surface area contributed by atoms with Crippen LogP contribution in [0.2, 0.25) is 0 Å². The lowest BCUT2D eigenvalue weighted by atomic mass is 10.2. The van der Waals surface area contributed by atoms with Gasteiger partial charge in [0.15, 0.2) is 5.96 Å². The van der Waals surface area contributed by atoms with E-state index in [2.05, 4.69) is 20.9 Å². The van der Waals surface area contributed by atoms with Crippen molar-refractivity contribution in [3.05, 3.63) is 65.7 Å². The van der Waals surface area contributed by atoms with Gasteiger partial charge in [0, 0.05) is 30.8 Å². The maximum Gasteiger partial charge on any atom is 0.251 e. The number of amides is 1. The molecule has 0 saturated heterocycles. The molecular formula is C22H30N4O2. The van der Waals surface area contributed by atoms with Crippen molar-refractivity contribution in [2.24, 2.45) is 4.99 Å². The monoisotopic (exact) mass is 382 g/mol. The van der Waals surface area contributed by atoms with Gasteiger partial charge in [0.25, 0.3) is 5.91 Å². The summed E-state index contributed by atoms with van der Waals surface area (Å²) in [4.78, 5) is 16.6. The zero-order valence-electron chi connectivity index (χ0n) is 16.7. The van der Waals surface area contributed by atoms with Crippen LogP contribution in [0.1, 0.15) is 36.2 Å². The molecule has 0 aliphatic heterocycles. The second-order valence-corrected chi connectivity index (χ2v) is 6.14. The van der Waals surface area contributed by atoms with E-state index >= 15 is 0 Å². The molecule has 0 spiro atoms. The highest BCUT2D eigenvalue weighted by molar-refractivity contribution is 5.94. The average molecular weight is 383 g/mol. The minimum absolute atomic E-state index is 0.0475. The van der Waals surface area contributed by atoms with Gasteiger partial charge in [0.2, 0.25) is 0 Å². The summed E-state index contributed by atoms with van der Waals surface area (Å²) in [7, 11) is 0. The fourth-order valence-corrected chi connectivity index (χ4v) is 2.63. The SMILES string of the molecule is CCNC(=NCc1ccccc1OCC)NCCCNC(=O)c1ccccc1. The van der Waals surface area contributed by atoms with Crippen LogP contribution in [0.25, 0.3) is 0 Å². The summed E-state index contributed by atoms with van der Waals surface area (Å²) in [6.07, 6.45) is 0.804. The summed E-state index contributed by atoms with van der Waals surface area (Å²) in [6.45, 7) is 7.28. The highest BCUT2D eigenvalue weighted by Gasteiger charge is 2.04. The third kappa shape index (κ3) is 7.31. The van der Waals surface area contributed by atoms with E-state index in [0.717, 1.165) is 30.2 Å². The van der Waals surface area contributed by atoms with Crippen LogP contribution in [0.15, 0.2) is 59.6 Å². The van der Waals surface area contributed by atoms with Crippen molar-refractivity contribution in [3.8, 4) is 5.75 Å². The zero-order valence-corrected chi connectivity index (χ0v) is 16.7. The molecule has 6 nitrogen and oxygen atoms in total. The number of carbonyl (C=O) groups is 1. The Balaban J connectivity index is 1.78. The number of hydrogen-bond acceptors (Lipinski definition) is 3. The van der Waals surface area contributed by atoms with E-state index in [9.17, 15) is 4.79 Å². The van der Waals surface area contributed by atoms with Gasteiger partial charge in [-0.3, -0.25) is 4.79 Å². The number of benzene rings is 2. The Morgan fingerprint density at radius 3 is 2.39 bits per heavy atom. The zero-order chi connectivity index (χ0) is 20.0. The molecule has 1 amide bonds. The first-order chi connectivity index (χ1) is 13.7. The predicted molar refractivity (Wildman–Crippen MR) is 114 cm³/mol. The number of nitrogens with zero attached hydrogens (tertiary/aromatic N) is 1. The van der Waals surface area contributed by atoms with Crippen LogP contribution in [-0.2, 0) is 6.54 Å². The summed E-state index contributed by atoms with van der Waals surface area (Å²) in [5.41, 5.74) is 1.73. The number of para-hydroxylation sites is 1. The second-order valence-electron chi connectivity index (χ2n) is 6.14. The lowest BCUT2D eigenvalue weighted by molar-refractivity contribution is 0.0953. The van der Waals surface area contributed by atoms with Crippen LogP contribution in [-0.4, -0.2) is 38.1 Å². The van der Waals surface area contributed by atoms with Gasteiger partial charge in [-0.05, 0) is 38.5 Å². The number of guanidine groups is 1. The molecule has 150 valence electrons. The van der Waals surface area contributed by atoms with Crippen LogP contribution in [0.5, 0.6) is 5.75 Å². The van der Waals surface area contributed by atoms with Gasteiger partial charge in [-0.15, -0.1) is 0 Å². The Labute approximate surface area is 167 Å². The van der Waals surface area contributed by atoms with E-state index in [0.29, 0.717) is 31.8 Å². The highest BCUT2D eigenvalue weighted by Crippen LogP contribution is 2.18. The molecule has 2 rings (SSSR count). The molecular weight excluding hydrogens is 352 g/mol. The van der Waals surface area contributed by atoms with Crippen molar-refractivity contribution in [3.63, 3.8) is 0 Å². The quantitative estimate of drug-likeness (QED) is 0.336. The van der Waals surface area contributed by atoms with E-state index in [-0.39, 0.29) is 5.91 Å². The maximum absolute atomic E-state index is 12.0. The first-order valence-electron chi connectivity index (χ1n) is 9.80. The number of carbonyl (C=O) groups excluding carboxylic acids is 1. The molecule has 0 heterocycles. The fraction of sp³-hybridized carbons (Fsp3) is 0.364. The molecule has 0 unspecified atom stereocenters. The number of ether oxygens (including phenoxy) is 1. The molecule has 0 saturated carbocycles. The summed E-state index contributed by atoms with van der Waals surface area (Å²) < 4.78 is 5.65. The van der Waals surface area contributed by atoms with Crippen LogP contribution >= 0.6 is 0 Å². The average Bonchev–Trinajstić information content (AvgIpc) is 2.73. The number of rotatable bonds is 10. The van der Waals surface area contributed by atoms with Crippen molar-refractivity contribution in [2.75, 3.05) is 26.2 Å². The molecule has 6 heteroatoms. The lowest BCUT2D eigenvalue weighted by Gasteiger charge is -2.13. The number of hydrogen-bond donors (Lipinski definition) is 3. The van der Waals surface area contributed by atoms with Crippen molar-refractivity contribution in [1.82, 2.24) is 16.0 Å². The molecule has 0 atom stereocenters. The predicted octanol–water partition coefficient (Wildman–Crippen LogP) is 2.96. The van der Waals surface area contributed by atoms with Gasteiger partial charge in [-0.2, -0.15) is 0 Å². The van der Waals surface area contributed by atoms with Crippen LogP contribution in [0.4, 0.5) is 0 Å². The van der Waals surface area contributed by atoms with Gasteiger partial charge in [-0.1, -0.05) is 36.4 Å². The highest BCUT2D eigenvalue weighted by atomic mass is 16.5. The van der Waals surface area contributed by atoms with E-state index < -0.39 is 0 Å². The van der Waals surface area contributed by atoms with Crippen LogP contribution in [0, 0.1) is 0 Å². The van der Waals surface area contributed by atoms with E-state index in [1.165, 1.54) is 0 Å². The Bertz CT molecular complexity index is 747. The third-order valence-corrected chi connectivity index (χ3v) is 3.99. The first kappa shape index (κ1) is 21.3. The summed E-state index contributed by atoms with van der Waals surface area (Å²) >= 11 is 0. The molecule has 0 radical (unpaired) electrons. The maximum atomic E-state index is 12.0. The van der Waals surface area contributed by atoms with E-state index in [4.69, 9.17) is 4.74 Å². The van der Waals surface area contributed by atoms with Crippen molar-refractivity contribution in [2.45, 2.75) is 26.8 Å². The fourth-order valence-electron chi connectivity index (χ4n) is 2.63. The van der Waals surface area contributed by atoms with Gasteiger partial charge >= 0.3 is 0 Å². The standard InChI is InChI=1S/C22H30N4O2/c1-3-23-22(26-17-19-13-8-9-14-20(19)28-4-2)25-16-10-15-24-21(27)18-11-6-5-7-12-18/h5-9,11-14H,3-4,10,15-17H2,1-2H3,(H,24,27)(H2,23,25,26). The molecule has 0 bridgehead atoms. The molecule has 0 aromatic heterocycles. The van der Waals surface area contributed by atoms with E-state index in [1.807, 2.05) is 68.4 Å². The summed E-state index contributed by atoms with van der Waals surface area (Å²) in [6, 6.07) is 17.2. The Morgan fingerprint density at radius 2 is 1.64 bits per heavy atom. The Morgan fingerprint density at radius 1 is 0.929 bits per heavy atom. The third-order valence-electron chi connectivity index (χ3n) is 3.99. The van der Waals surface area contributed by atoms with Gasteiger partial charge in [-0.25, -0.2) is 4.99 Å². The molecule has 0 aliphatic rings. The van der Waals surface area contributed by atoms with Crippen LogP contribution < -0.4 is 20.7 Å². The smallest absolute Gasteiger partial charge is 0.251 e. The number of aliphatic imine (C=N–C) groups is 1. The lowest BCUT2D eigenvalue weighted by Crippen LogP contribution is -2.38. The van der Waals surface area contributed by atoms with Crippen LogP contribution in [0.3, 0.4) is 0 Å². The van der Waals surface area contributed by atoms with E-state index in [1.54, 1.807) is 0 Å². The summed E-state index contributed by atoms with van der Waals surface area (Å²) in [5, 5.41) is 9.47. The normalized spacial score (nSPS) is 11.0. The minimum atomic E-state index is -0.0475. The molecule has 0 aliphatic carbocycles. The number of nitrogens with one attached hydrogen (secondary N) is 3. The molecule has 28 heavy (non-hydrogen) atoms. The molecule has 2 aromatic carbocycles. The largest absolute Gasteiger partial charge is 0.494 e. The van der Waals surface area contributed by atoms with Crippen molar-refractivity contribution < 1.29 is 9.53 Å². The van der Waals surface area contributed by atoms with Crippen molar-refractivity contribution >= 4 is 11.9 Å². The topological polar surface area (TPSA) is 74.8 Å². The van der Waals surface area contributed by atoms with Gasteiger partial charge in [0.05, 0.1) is 13.2 Å². The molecule has 2 aromatic rings. The minimum Gasteiger partial charge on any atom is -0.494 e. The Kier molecular flexibility index (Phi) is 9.41. The first-order valence-corrected chi connectivity index (χ1v) is 9.80. The van der Waals surface area contributed by atoms with Gasteiger partial charge in [0.1, 0.15) is 5.75 Å².